The van der Waals surface area contributed by atoms with Crippen molar-refractivity contribution in [3.8, 4) is 0 Å². The van der Waals surface area contributed by atoms with Gasteiger partial charge in [-0.2, -0.15) is 0 Å². The molecule has 6 nitrogen and oxygen atoms in total. The summed E-state index contributed by atoms with van der Waals surface area (Å²) in [6.45, 7) is 0.251. The van der Waals surface area contributed by atoms with Crippen molar-refractivity contribution >= 4 is 11.9 Å². The number of nitrogens with zero attached hydrogens (tertiary/aromatic N) is 3. The van der Waals surface area contributed by atoms with Crippen LogP contribution in [-0.4, -0.2) is 38.0 Å². The van der Waals surface area contributed by atoms with Gasteiger partial charge in [-0.25, -0.2) is 9.37 Å². The molecule has 1 aliphatic rings. The van der Waals surface area contributed by atoms with Gasteiger partial charge in [0.1, 0.15) is 17.7 Å². The third-order valence-corrected chi connectivity index (χ3v) is 4.45. The Kier molecular flexibility index (Phi) is 4.33. The number of likely N-dealkylation sites (tertiary alicyclic amines) is 1. The molecule has 0 radical (unpaired) electrons. The van der Waals surface area contributed by atoms with Crippen molar-refractivity contribution in [3.05, 3.63) is 53.9 Å². The van der Waals surface area contributed by atoms with Crippen molar-refractivity contribution in [2.24, 2.45) is 13.0 Å². The van der Waals surface area contributed by atoms with Gasteiger partial charge in [0, 0.05) is 32.4 Å². The second kappa shape index (κ2) is 6.43. The predicted molar refractivity (Wildman–Crippen MR) is 83.5 cm³/mol. The van der Waals surface area contributed by atoms with E-state index in [1.807, 2.05) is 0 Å². The van der Waals surface area contributed by atoms with Gasteiger partial charge in [-0.3, -0.25) is 9.59 Å². The Bertz CT molecular complexity index is 774. The van der Waals surface area contributed by atoms with Crippen LogP contribution in [-0.2, 0) is 23.1 Å². The molecule has 0 bridgehead atoms. The highest BCUT2D eigenvalue weighted by Gasteiger charge is 2.46. The Balaban J connectivity index is 1.86. The lowest BCUT2D eigenvalue weighted by molar-refractivity contribution is -0.142. The van der Waals surface area contributed by atoms with Gasteiger partial charge >= 0.3 is 5.97 Å². The Morgan fingerprint density at radius 3 is 2.79 bits per heavy atom. The average molecular weight is 331 g/mol. The number of benzene rings is 1. The third-order valence-electron chi connectivity index (χ3n) is 4.45. The van der Waals surface area contributed by atoms with Crippen molar-refractivity contribution in [1.29, 1.82) is 0 Å². The number of carbonyl (C=O) groups excluding carboxylic acids is 1. The molecule has 0 spiro atoms. The molecule has 0 unspecified atom stereocenters. The number of aromatic nitrogens is 2. The van der Waals surface area contributed by atoms with Crippen LogP contribution >= 0.6 is 0 Å². The van der Waals surface area contributed by atoms with Crippen LogP contribution in [0.3, 0.4) is 0 Å². The standard InChI is InChI=1S/C17H18FN3O3/c1-20-9-7-19-16(20)15-12(17(23)24)10-14(22)21(15)8-6-11-4-2-3-5-13(11)18/h2-5,7,9,12,15H,6,8,10H2,1H3,(H,23,24)/t12-,15+/m0/s1. The second-order valence-corrected chi connectivity index (χ2v) is 5.92. The molecule has 1 aliphatic heterocycles. The maximum absolute atomic E-state index is 13.8. The summed E-state index contributed by atoms with van der Waals surface area (Å²) >= 11 is 0. The van der Waals surface area contributed by atoms with E-state index >= 15 is 0 Å². The number of carboxylic acids is 1. The molecular weight excluding hydrogens is 313 g/mol. The predicted octanol–water partition coefficient (Wildman–Crippen LogP) is 1.78. The van der Waals surface area contributed by atoms with Crippen molar-refractivity contribution in [1.82, 2.24) is 14.5 Å². The SMILES string of the molecule is Cn1ccnc1[C@H]1[C@@H](C(=O)O)CC(=O)N1CCc1ccccc1F. The van der Waals surface area contributed by atoms with Gasteiger partial charge in [0.15, 0.2) is 0 Å². The number of imidazole rings is 1. The Hall–Kier alpha value is -2.70. The zero-order chi connectivity index (χ0) is 17.3. The molecule has 1 aromatic carbocycles. The lowest BCUT2D eigenvalue weighted by atomic mass is 9.99. The quantitative estimate of drug-likeness (QED) is 0.906. The van der Waals surface area contributed by atoms with Crippen LogP contribution in [0.5, 0.6) is 0 Å². The summed E-state index contributed by atoms with van der Waals surface area (Å²) in [6, 6.07) is 5.75. The zero-order valence-electron chi connectivity index (χ0n) is 13.2. The first-order valence-electron chi connectivity index (χ1n) is 7.72. The van der Waals surface area contributed by atoms with Crippen LogP contribution in [0, 0.1) is 11.7 Å². The number of halogens is 1. The van der Waals surface area contributed by atoms with Crippen LogP contribution in [0.1, 0.15) is 23.9 Å². The van der Waals surface area contributed by atoms with E-state index in [2.05, 4.69) is 4.98 Å². The number of aliphatic carboxylic acids is 1. The van der Waals surface area contributed by atoms with E-state index in [1.165, 1.54) is 11.0 Å². The summed E-state index contributed by atoms with van der Waals surface area (Å²) in [5, 5.41) is 9.46. The molecule has 1 aromatic heterocycles. The molecule has 1 amide bonds. The number of hydrogen-bond donors (Lipinski definition) is 1. The summed E-state index contributed by atoms with van der Waals surface area (Å²) in [5.41, 5.74) is 0.502. The fourth-order valence-electron chi connectivity index (χ4n) is 3.20. The number of amides is 1. The van der Waals surface area contributed by atoms with Crippen LogP contribution in [0.2, 0.25) is 0 Å². The Morgan fingerprint density at radius 2 is 2.17 bits per heavy atom. The number of carboxylic acid groups (broad SMARTS) is 1. The summed E-state index contributed by atoms with van der Waals surface area (Å²) < 4.78 is 15.5. The van der Waals surface area contributed by atoms with Crippen LogP contribution in [0.15, 0.2) is 36.7 Å². The average Bonchev–Trinajstić information content (AvgIpc) is 3.10. The van der Waals surface area contributed by atoms with Crippen LogP contribution < -0.4 is 0 Å². The molecule has 126 valence electrons. The normalized spacial score (nSPS) is 20.6. The number of carbonyl (C=O) groups is 2. The first-order valence-corrected chi connectivity index (χ1v) is 7.72. The van der Waals surface area contributed by atoms with E-state index in [4.69, 9.17) is 0 Å². The largest absolute Gasteiger partial charge is 0.481 e. The fourth-order valence-corrected chi connectivity index (χ4v) is 3.20. The van der Waals surface area contributed by atoms with E-state index in [0.717, 1.165) is 0 Å². The molecule has 1 fully saturated rings. The van der Waals surface area contributed by atoms with Gasteiger partial charge in [0.2, 0.25) is 5.91 Å². The molecular formula is C17H18FN3O3. The Labute approximate surface area is 138 Å². The van der Waals surface area contributed by atoms with E-state index in [-0.39, 0.29) is 24.7 Å². The van der Waals surface area contributed by atoms with E-state index in [0.29, 0.717) is 17.8 Å². The summed E-state index contributed by atoms with van der Waals surface area (Å²) in [6.07, 6.45) is 3.55. The van der Waals surface area contributed by atoms with Gasteiger partial charge in [-0.1, -0.05) is 18.2 Å². The molecule has 2 aromatic rings. The molecule has 1 saturated heterocycles. The molecule has 7 heteroatoms. The summed E-state index contributed by atoms with van der Waals surface area (Å²) in [4.78, 5) is 29.6. The van der Waals surface area contributed by atoms with Crippen molar-refractivity contribution < 1.29 is 19.1 Å². The maximum Gasteiger partial charge on any atom is 0.309 e. The highest BCUT2D eigenvalue weighted by Crippen LogP contribution is 2.37. The third kappa shape index (κ3) is 2.89. The maximum atomic E-state index is 13.8. The minimum absolute atomic E-state index is 0.0653. The van der Waals surface area contributed by atoms with Crippen LogP contribution in [0.25, 0.3) is 0 Å². The lowest BCUT2D eigenvalue weighted by Gasteiger charge is -2.26. The molecule has 0 saturated carbocycles. The topological polar surface area (TPSA) is 75.4 Å². The van der Waals surface area contributed by atoms with E-state index < -0.39 is 17.9 Å². The smallest absolute Gasteiger partial charge is 0.309 e. The molecule has 2 heterocycles. The molecule has 0 aliphatic carbocycles. The number of rotatable bonds is 5. The van der Waals surface area contributed by atoms with Gasteiger partial charge in [-0.05, 0) is 18.1 Å². The van der Waals surface area contributed by atoms with Gasteiger partial charge in [-0.15, -0.1) is 0 Å². The van der Waals surface area contributed by atoms with Gasteiger partial charge in [0.05, 0.1) is 5.92 Å². The monoisotopic (exact) mass is 331 g/mol. The van der Waals surface area contributed by atoms with Crippen molar-refractivity contribution in [2.45, 2.75) is 18.9 Å². The van der Waals surface area contributed by atoms with E-state index in [1.54, 1.807) is 42.2 Å². The molecule has 3 rings (SSSR count). The highest BCUT2D eigenvalue weighted by molar-refractivity contribution is 5.87. The molecule has 1 N–H and O–H groups in total. The van der Waals surface area contributed by atoms with Crippen molar-refractivity contribution in [3.63, 3.8) is 0 Å². The highest BCUT2D eigenvalue weighted by atomic mass is 19.1. The zero-order valence-corrected chi connectivity index (χ0v) is 13.2. The van der Waals surface area contributed by atoms with E-state index in [9.17, 15) is 19.1 Å². The number of aryl methyl sites for hydroxylation is 1. The second-order valence-electron chi connectivity index (χ2n) is 5.92. The minimum atomic E-state index is -1.02. The fraction of sp³-hybridized carbons (Fsp3) is 0.353. The molecule has 24 heavy (non-hydrogen) atoms. The van der Waals surface area contributed by atoms with Gasteiger partial charge < -0.3 is 14.6 Å². The molecule has 2 atom stereocenters. The minimum Gasteiger partial charge on any atom is -0.481 e. The first kappa shape index (κ1) is 16.2. The summed E-state index contributed by atoms with van der Waals surface area (Å²) in [5.74, 6) is -1.91. The van der Waals surface area contributed by atoms with Crippen molar-refractivity contribution in [2.75, 3.05) is 6.54 Å². The summed E-state index contributed by atoms with van der Waals surface area (Å²) in [7, 11) is 1.76. The van der Waals surface area contributed by atoms with Crippen LogP contribution in [0.4, 0.5) is 4.39 Å². The van der Waals surface area contributed by atoms with Gasteiger partial charge in [0.25, 0.3) is 0 Å². The lowest BCUT2D eigenvalue weighted by Crippen LogP contribution is -2.34. The Morgan fingerprint density at radius 1 is 1.42 bits per heavy atom. The first-order chi connectivity index (χ1) is 11.5. The number of hydrogen-bond acceptors (Lipinski definition) is 3.